The quantitative estimate of drug-likeness (QED) is 0.622. The molecule has 0 amide bonds. The predicted octanol–water partition coefficient (Wildman–Crippen LogP) is 2.53. The van der Waals surface area contributed by atoms with E-state index in [4.69, 9.17) is 5.21 Å². The van der Waals surface area contributed by atoms with Gasteiger partial charge in [0.1, 0.15) is 11.5 Å². The number of piperidine rings is 1. The van der Waals surface area contributed by atoms with Gasteiger partial charge in [-0.3, -0.25) is 0 Å². The molecule has 0 atom stereocenters. The molecule has 1 N–H and O–H groups in total. The largest absolute Gasteiger partial charge is 0.433 e. The van der Waals surface area contributed by atoms with Crippen molar-refractivity contribution in [2.75, 3.05) is 18.0 Å². The summed E-state index contributed by atoms with van der Waals surface area (Å²) in [6, 6.07) is 3.85. The lowest BCUT2D eigenvalue weighted by Gasteiger charge is -2.28. The summed E-state index contributed by atoms with van der Waals surface area (Å²) in [5, 5.41) is 11.7. The van der Waals surface area contributed by atoms with Crippen LogP contribution in [0.1, 0.15) is 18.5 Å². The van der Waals surface area contributed by atoms with Gasteiger partial charge in [-0.2, -0.15) is 13.2 Å². The Morgan fingerprint density at radius 3 is 2.44 bits per heavy atom. The van der Waals surface area contributed by atoms with Gasteiger partial charge in [0.15, 0.2) is 0 Å². The maximum Gasteiger partial charge on any atom is 0.433 e. The first kappa shape index (κ1) is 12.7. The van der Waals surface area contributed by atoms with Crippen LogP contribution < -0.4 is 4.90 Å². The minimum Gasteiger partial charge on any atom is -0.411 e. The molecule has 1 fully saturated rings. The lowest BCUT2D eigenvalue weighted by molar-refractivity contribution is -0.141. The molecule has 18 heavy (non-hydrogen) atoms. The predicted molar refractivity (Wildman–Crippen MR) is 59.9 cm³/mol. The molecule has 1 aliphatic rings. The van der Waals surface area contributed by atoms with E-state index in [0.717, 1.165) is 6.07 Å². The van der Waals surface area contributed by atoms with Gasteiger partial charge in [-0.15, -0.1) is 0 Å². The molecule has 1 saturated heterocycles. The molecule has 7 heteroatoms. The maximum atomic E-state index is 12.5. The molecule has 1 aromatic heterocycles. The zero-order chi connectivity index (χ0) is 13.2. The molecular weight excluding hydrogens is 247 g/mol. The number of hydrogen-bond donors (Lipinski definition) is 1. The highest BCUT2D eigenvalue weighted by Gasteiger charge is 2.33. The number of pyridine rings is 1. The molecule has 2 rings (SSSR count). The van der Waals surface area contributed by atoms with E-state index in [2.05, 4.69) is 10.1 Å². The smallest absolute Gasteiger partial charge is 0.411 e. The van der Waals surface area contributed by atoms with E-state index < -0.39 is 11.9 Å². The average molecular weight is 259 g/mol. The topological polar surface area (TPSA) is 48.7 Å². The number of hydrogen-bond acceptors (Lipinski definition) is 4. The minimum atomic E-state index is -4.43. The first-order valence-electron chi connectivity index (χ1n) is 5.49. The van der Waals surface area contributed by atoms with Crippen LogP contribution in [-0.2, 0) is 6.18 Å². The Kier molecular flexibility index (Phi) is 3.40. The fraction of sp³-hybridized carbons (Fsp3) is 0.455. The molecular formula is C11H12F3N3O. The summed E-state index contributed by atoms with van der Waals surface area (Å²) in [6.07, 6.45) is -3.35. The third kappa shape index (κ3) is 2.72. The highest BCUT2D eigenvalue weighted by Crippen LogP contribution is 2.29. The van der Waals surface area contributed by atoms with Crippen molar-refractivity contribution in [2.45, 2.75) is 19.0 Å². The van der Waals surface area contributed by atoms with Gasteiger partial charge in [-0.1, -0.05) is 11.2 Å². The Hall–Kier alpha value is -1.79. The number of alkyl halides is 3. The lowest BCUT2D eigenvalue weighted by Crippen LogP contribution is -2.34. The summed E-state index contributed by atoms with van der Waals surface area (Å²) >= 11 is 0. The molecule has 0 spiro atoms. The van der Waals surface area contributed by atoms with E-state index in [1.807, 2.05) is 0 Å². The van der Waals surface area contributed by atoms with E-state index >= 15 is 0 Å². The minimum absolute atomic E-state index is 0.307. The van der Waals surface area contributed by atoms with Crippen molar-refractivity contribution in [3.05, 3.63) is 23.9 Å². The van der Waals surface area contributed by atoms with Gasteiger partial charge in [-0.25, -0.2) is 4.98 Å². The Morgan fingerprint density at radius 1 is 1.22 bits per heavy atom. The third-order valence-corrected chi connectivity index (χ3v) is 2.83. The van der Waals surface area contributed by atoms with Crippen LogP contribution in [0.25, 0.3) is 0 Å². The summed E-state index contributed by atoms with van der Waals surface area (Å²) in [5.41, 5.74) is -0.222. The van der Waals surface area contributed by atoms with Gasteiger partial charge in [0.2, 0.25) is 0 Å². The molecule has 0 unspecified atom stereocenters. The third-order valence-electron chi connectivity index (χ3n) is 2.83. The number of anilines is 1. The lowest BCUT2D eigenvalue weighted by atomic mass is 10.1. The van der Waals surface area contributed by atoms with Crippen molar-refractivity contribution in [2.24, 2.45) is 5.16 Å². The van der Waals surface area contributed by atoms with Crippen LogP contribution in [0.4, 0.5) is 19.0 Å². The van der Waals surface area contributed by atoms with Crippen LogP contribution in [0.2, 0.25) is 0 Å². The Morgan fingerprint density at radius 2 is 1.89 bits per heavy atom. The Labute approximate surface area is 102 Å². The molecule has 1 aromatic rings. The highest BCUT2D eigenvalue weighted by molar-refractivity contribution is 5.86. The van der Waals surface area contributed by atoms with Crippen LogP contribution in [-0.4, -0.2) is 29.0 Å². The van der Waals surface area contributed by atoms with Crippen molar-refractivity contribution in [1.82, 2.24) is 4.98 Å². The molecule has 1 aliphatic heterocycles. The number of nitrogens with zero attached hydrogens (tertiary/aromatic N) is 3. The monoisotopic (exact) mass is 259 g/mol. The number of rotatable bonds is 1. The summed E-state index contributed by atoms with van der Waals surface area (Å²) in [7, 11) is 0. The van der Waals surface area contributed by atoms with E-state index in [1.165, 1.54) is 6.07 Å². The SMILES string of the molecule is ON=C1CCN(c2cccc(C(F)(F)F)n2)CC1. The van der Waals surface area contributed by atoms with Crippen molar-refractivity contribution >= 4 is 11.5 Å². The normalized spacial score (nSPS) is 16.8. The summed E-state index contributed by atoms with van der Waals surface area (Å²) in [4.78, 5) is 5.37. The Bertz CT molecular complexity index is 449. The molecule has 0 aromatic carbocycles. The molecule has 0 bridgehead atoms. The van der Waals surface area contributed by atoms with Gasteiger partial charge < -0.3 is 10.1 Å². The molecule has 98 valence electrons. The van der Waals surface area contributed by atoms with Crippen molar-refractivity contribution in [1.29, 1.82) is 0 Å². The molecule has 4 nitrogen and oxygen atoms in total. The van der Waals surface area contributed by atoms with Crippen molar-refractivity contribution < 1.29 is 18.4 Å². The van der Waals surface area contributed by atoms with Crippen LogP contribution in [0.3, 0.4) is 0 Å². The van der Waals surface area contributed by atoms with Gasteiger partial charge in [0.05, 0.1) is 5.71 Å². The standard InChI is InChI=1S/C11H12F3N3O/c12-11(13,14)9-2-1-3-10(15-9)17-6-4-8(16-18)5-7-17/h1-3,18H,4-7H2. The van der Waals surface area contributed by atoms with Gasteiger partial charge in [-0.05, 0) is 12.1 Å². The van der Waals surface area contributed by atoms with Crippen LogP contribution in [0.15, 0.2) is 23.4 Å². The number of oxime groups is 1. The van der Waals surface area contributed by atoms with E-state index in [9.17, 15) is 13.2 Å². The first-order valence-corrected chi connectivity index (χ1v) is 5.49. The first-order chi connectivity index (χ1) is 8.50. The zero-order valence-electron chi connectivity index (χ0n) is 9.48. The van der Waals surface area contributed by atoms with Gasteiger partial charge in [0, 0.05) is 25.9 Å². The second kappa shape index (κ2) is 4.83. The molecule has 2 heterocycles. The summed E-state index contributed by atoms with van der Waals surface area (Å²) < 4.78 is 37.6. The van der Waals surface area contributed by atoms with E-state index in [1.54, 1.807) is 11.0 Å². The fourth-order valence-electron chi connectivity index (χ4n) is 1.85. The average Bonchev–Trinajstić information content (AvgIpc) is 2.38. The second-order valence-electron chi connectivity index (χ2n) is 4.03. The van der Waals surface area contributed by atoms with E-state index in [0.29, 0.717) is 37.5 Å². The summed E-state index contributed by atoms with van der Waals surface area (Å²) in [6.45, 7) is 1.02. The Balaban J connectivity index is 2.15. The van der Waals surface area contributed by atoms with Crippen LogP contribution in [0.5, 0.6) is 0 Å². The molecule has 0 saturated carbocycles. The van der Waals surface area contributed by atoms with Crippen molar-refractivity contribution in [3.8, 4) is 0 Å². The fourth-order valence-corrected chi connectivity index (χ4v) is 1.85. The number of halogens is 3. The second-order valence-corrected chi connectivity index (χ2v) is 4.03. The molecule has 0 radical (unpaired) electrons. The van der Waals surface area contributed by atoms with E-state index in [-0.39, 0.29) is 0 Å². The maximum absolute atomic E-state index is 12.5. The highest BCUT2D eigenvalue weighted by atomic mass is 19.4. The van der Waals surface area contributed by atoms with Gasteiger partial charge in [0.25, 0.3) is 0 Å². The number of aromatic nitrogens is 1. The van der Waals surface area contributed by atoms with Crippen LogP contribution in [0, 0.1) is 0 Å². The molecule has 0 aliphatic carbocycles. The summed E-state index contributed by atoms with van der Waals surface area (Å²) in [5.74, 6) is 0.307. The zero-order valence-corrected chi connectivity index (χ0v) is 9.48. The van der Waals surface area contributed by atoms with Gasteiger partial charge >= 0.3 is 6.18 Å². The van der Waals surface area contributed by atoms with Crippen molar-refractivity contribution in [3.63, 3.8) is 0 Å². The van der Waals surface area contributed by atoms with Crippen LogP contribution >= 0.6 is 0 Å².